The van der Waals surface area contributed by atoms with Crippen molar-refractivity contribution in [3.8, 4) is 0 Å². The quantitative estimate of drug-likeness (QED) is 0.692. The number of hydrogen-bond donors (Lipinski definition) is 1. The molecule has 0 aromatic carbocycles. The molecule has 5 nitrogen and oxygen atoms in total. The van der Waals surface area contributed by atoms with Gasteiger partial charge in [-0.1, -0.05) is 0 Å². The van der Waals surface area contributed by atoms with Crippen molar-refractivity contribution in [1.82, 2.24) is 20.0 Å². The van der Waals surface area contributed by atoms with Gasteiger partial charge in [0.05, 0.1) is 6.04 Å². The van der Waals surface area contributed by atoms with E-state index in [-0.39, 0.29) is 11.9 Å². The highest BCUT2D eigenvalue weighted by Gasteiger charge is 2.24. The average molecular weight is 242 g/mol. The molecule has 1 aliphatic rings. The summed E-state index contributed by atoms with van der Waals surface area (Å²) in [5.41, 5.74) is 0. The Morgan fingerprint density at radius 2 is 1.82 bits per heavy atom. The Bertz CT molecular complexity index is 239. The van der Waals surface area contributed by atoms with Crippen LogP contribution in [0.4, 0.5) is 0 Å². The van der Waals surface area contributed by atoms with Crippen molar-refractivity contribution in [2.45, 2.75) is 13.0 Å². The lowest BCUT2D eigenvalue weighted by molar-refractivity contribution is -0.136. The molecule has 0 spiro atoms. The van der Waals surface area contributed by atoms with Crippen molar-refractivity contribution >= 4 is 5.91 Å². The number of piperazine rings is 1. The van der Waals surface area contributed by atoms with E-state index in [9.17, 15) is 4.79 Å². The zero-order valence-electron chi connectivity index (χ0n) is 11.6. The molecule has 0 saturated carbocycles. The molecule has 5 heteroatoms. The van der Waals surface area contributed by atoms with Gasteiger partial charge in [0, 0.05) is 39.3 Å². The second kappa shape index (κ2) is 6.93. The average Bonchev–Trinajstić information content (AvgIpc) is 2.35. The summed E-state index contributed by atoms with van der Waals surface area (Å²) in [7, 11) is 6.13. The van der Waals surface area contributed by atoms with Crippen LogP contribution in [0, 0.1) is 0 Å². The zero-order chi connectivity index (χ0) is 12.8. The summed E-state index contributed by atoms with van der Waals surface area (Å²) in [5, 5.41) is 3.26. The standard InChI is InChI=1S/C12H26N4O/c1-11(15(4)10-9-14(2)3)12(17)16-7-5-13-6-8-16/h11,13H,5-10H2,1-4H3. The molecule has 0 aliphatic carbocycles. The third-order valence-corrected chi connectivity index (χ3v) is 3.35. The van der Waals surface area contributed by atoms with Crippen molar-refractivity contribution in [2.75, 3.05) is 60.4 Å². The molecule has 1 fully saturated rings. The predicted molar refractivity (Wildman–Crippen MR) is 70.1 cm³/mol. The molecule has 100 valence electrons. The molecular weight excluding hydrogens is 216 g/mol. The predicted octanol–water partition coefficient (Wildman–Crippen LogP) is -0.700. The van der Waals surface area contributed by atoms with Crippen LogP contribution in [-0.4, -0.2) is 87.1 Å². The first-order valence-electron chi connectivity index (χ1n) is 6.37. The first-order valence-corrected chi connectivity index (χ1v) is 6.37. The van der Waals surface area contributed by atoms with Gasteiger partial charge in [-0.15, -0.1) is 0 Å². The van der Waals surface area contributed by atoms with Crippen LogP contribution in [0.25, 0.3) is 0 Å². The molecule has 0 aromatic rings. The lowest BCUT2D eigenvalue weighted by Gasteiger charge is -2.33. The van der Waals surface area contributed by atoms with Gasteiger partial charge < -0.3 is 15.1 Å². The Balaban J connectivity index is 2.38. The Morgan fingerprint density at radius 1 is 1.24 bits per heavy atom. The maximum Gasteiger partial charge on any atom is 0.239 e. The van der Waals surface area contributed by atoms with Gasteiger partial charge in [-0.25, -0.2) is 0 Å². The normalized spacial score (nSPS) is 18.8. The number of rotatable bonds is 5. The number of carbonyl (C=O) groups excluding carboxylic acids is 1. The highest BCUT2D eigenvalue weighted by atomic mass is 16.2. The van der Waals surface area contributed by atoms with Gasteiger partial charge in [-0.3, -0.25) is 9.69 Å². The van der Waals surface area contributed by atoms with Gasteiger partial charge in [0.15, 0.2) is 0 Å². The molecule has 1 amide bonds. The summed E-state index contributed by atoms with van der Waals surface area (Å²) in [6.45, 7) is 7.41. The van der Waals surface area contributed by atoms with Crippen molar-refractivity contribution in [1.29, 1.82) is 0 Å². The molecule has 0 aromatic heterocycles. The molecule has 1 heterocycles. The third kappa shape index (κ3) is 4.61. The third-order valence-electron chi connectivity index (χ3n) is 3.35. The number of amides is 1. The number of carbonyl (C=O) groups is 1. The Morgan fingerprint density at radius 3 is 2.35 bits per heavy atom. The van der Waals surface area contributed by atoms with Crippen LogP contribution in [0.3, 0.4) is 0 Å². The lowest BCUT2D eigenvalue weighted by Crippen LogP contribution is -2.53. The first-order chi connectivity index (χ1) is 8.02. The summed E-state index contributed by atoms with van der Waals surface area (Å²) < 4.78 is 0. The lowest BCUT2D eigenvalue weighted by atomic mass is 10.2. The smallest absolute Gasteiger partial charge is 0.239 e. The van der Waals surface area contributed by atoms with E-state index >= 15 is 0 Å². The van der Waals surface area contributed by atoms with Crippen molar-refractivity contribution < 1.29 is 4.79 Å². The molecule has 1 unspecified atom stereocenters. The monoisotopic (exact) mass is 242 g/mol. The molecule has 1 N–H and O–H groups in total. The van der Waals surface area contributed by atoms with Crippen molar-refractivity contribution in [3.05, 3.63) is 0 Å². The van der Waals surface area contributed by atoms with Gasteiger partial charge >= 0.3 is 0 Å². The number of nitrogens with zero attached hydrogens (tertiary/aromatic N) is 3. The van der Waals surface area contributed by atoms with E-state index in [1.165, 1.54) is 0 Å². The van der Waals surface area contributed by atoms with E-state index < -0.39 is 0 Å². The van der Waals surface area contributed by atoms with Crippen LogP contribution < -0.4 is 5.32 Å². The van der Waals surface area contributed by atoms with E-state index in [1.54, 1.807) is 0 Å². The SMILES string of the molecule is CC(C(=O)N1CCNCC1)N(C)CCN(C)C. The molecule has 1 atom stereocenters. The largest absolute Gasteiger partial charge is 0.339 e. The molecule has 0 bridgehead atoms. The molecule has 1 aliphatic heterocycles. The van der Waals surface area contributed by atoms with Gasteiger partial charge in [0.25, 0.3) is 0 Å². The summed E-state index contributed by atoms with van der Waals surface area (Å²) >= 11 is 0. The molecule has 0 radical (unpaired) electrons. The molecule has 1 rings (SSSR count). The Labute approximate surface area is 105 Å². The first kappa shape index (κ1) is 14.4. The summed E-state index contributed by atoms with van der Waals surface area (Å²) in [4.78, 5) is 18.5. The van der Waals surface area contributed by atoms with E-state index in [0.717, 1.165) is 39.3 Å². The van der Waals surface area contributed by atoms with E-state index in [4.69, 9.17) is 0 Å². The molecule has 17 heavy (non-hydrogen) atoms. The molecule has 1 saturated heterocycles. The van der Waals surface area contributed by atoms with Gasteiger partial charge in [0.1, 0.15) is 0 Å². The minimum atomic E-state index is -0.0203. The second-order valence-corrected chi connectivity index (χ2v) is 5.04. The minimum Gasteiger partial charge on any atom is -0.339 e. The summed E-state index contributed by atoms with van der Waals surface area (Å²) in [6.07, 6.45) is 0. The van der Waals surface area contributed by atoms with Crippen LogP contribution in [0.1, 0.15) is 6.92 Å². The highest BCUT2D eigenvalue weighted by molar-refractivity contribution is 5.81. The van der Waals surface area contributed by atoms with Crippen LogP contribution in [0.15, 0.2) is 0 Å². The second-order valence-electron chi connectivity index (χ2n) is 5.04. The van der Waals surface area contributed by atoms with Crippen LogP contribution in [0.2, 0.25) is 0 Å². The Kier molecular flexibility index (Phi) is 5.88. The maximum absolute atomic E-state index is 12.2. The number of hydrogen-bond acceptors (Lipinski definition) is 4. The zero-order valence-corrected chi connectivity index (χ0v) is 11.6. The highest BCUT2D eigenvalue weighted by Crippen LogP contribution is 2.03. The molecular formula is C12H26N4O. The van der Waals surface area contributed by atoms with Crippen LogP contribution in [-0.2, 0) is 4.79 Å². The van der Waals surface area contributed by atoms with Crippen LogP contribution >= 0.6 is 0 Å². The minimum absolute atomic E-state index is 0.0203. The van der Waals surface area contributed by atoms with Gasteiger partial charge in [0.2, 0.25) is 5.91 Å². The summed E-state index contributed by atoms with van der Waals surface area (Å²) in [6, 6.07) is -0.0203. The fraction of sp³-hybridized carbons (Fsp3) is 0.917. The summed E-state index contributed by atoms with van der Waals surface area (Å²) in [5.74, 6) is 0.257. The van der Waals surface area contributed by atoms with Crippen molar-refractivity contribution in [3.63, 3.8) is 0 Å². The number of nitrogens with one attached hydrogen (secondary N) is 1. The van der Waals surface area contributed by atoms with E-state index in [1.807, 2.05) is 18.9 Å². The maximum atomic E-state index is 12.2. The van der Waals surface area contributed by atoms with Crippen LogP contribution in [0.5, 0.6) is 0 Å². The fourth-order valence-electron chi connectivity index (χ4n) is 1.89. The topological polar surface area (TPSA) is 38.8 Å². The van der Waals surface area contributed by atoms with Gasteiger partial charge in [-0.2, -0.15) is 0 Å². The number of likely N-dealkylation sites (N-methyl/N-ethyl adjacent to an activating group) is 2. The van der Waals surface area contributed by atoms with Gasteiger partial charge in [-0.05, 0) is 28.1 Å². The fourth-order valence-corrected chi connectivity index (χ4v) is 1.89. The van der Waals surface area contributed by atoms with E-state index in [2.05, 4.69) is 29.2 Å². The van der Waals surface area contributed by atoms with E-state index in [0.29, 0.717) is 0 Å². The Hall–Kier alpha value is -0.650. The van der Waals surface area contributed by atoms with Crippen molar-refractivity contribution in [2.24, 2.45) is 0 Å².